The molecule has 1 saturated carbocycles. The normalized spacial score (nSPS) is 14.1. The van der Waals surface area contributed by atoms with Crippen molar-refractivity contribution in [3.8, 4) is 0 Å². The average Bonchev–Trinajstić information content (AvgIpc) is 3.40. The number of ether oxygens (including phenoxy) is 1. The molecule has 0 unspecified atom stereocenters. The van der Waals surface area contributed by atoms with Crippen LogP contribution in [0.25, 0.3) is 0 Å². The van der Waals surface area contributed by atoms with Crippen LogP contribution in [-0.2, 0) is 32.6 Å². The highest BCUT2D eigenvalue weighted by Gasteiger charge is 2.49. The molecule has 1 aromatic heterocycles. The van der Waals surface area contributed by atoms with Crippen LogP contribution in [0.2, 0.25) is 0 Å². The van der Waals surface area contributed by atoms with Crippen LogP contribution >= 0.6 is 31.9 Å². The van der Waals surface area contributed by atoms with Gasteiger partial charge in [0, 0.05) is 15.0 Å². The number of benzene rings is 2. The van der Waals surface area contributed by atoms with Crippen molar-refractivity contribution in [2.24, 2.45) is 0 Å². The smallest absolute Gasteiger partial charge is 0.310 e. The molecule has 1 fully saturated rings. The summed E-state index contributed by atoms with van der Waals surface area (Å²) < 4.78 is 12.9. The van der Waals surface area contributed by atoms with Gasteiger partial charge < -0.3 is 14.6 Å². The first kappa shape index (κ1) is 21.8. The summed E-state index contributed by atoms with van der Waals surface area (Å²) in [5.74, 6) is 0.538. The van der Waals surface area contributed by atoms with Gasteiger partial charge in [0.05, 0.1) is 18.3 Å². The van der Waals surface area contributed by atoms with Crippen LogP contribution in [0.5, 0.6) is 0 Å². The zero-order chi connectivity index (χ0) is 21.8. The highest BCUT2D eigenvalue weighted by molar-refractivity contribution is 9.10. The minimum atomic E-state index is -0.350. The van der Waals surface area contributed by atoms with E-state index in [0.717, 1.165) is 32.9 Å². The Kier molecular flexibility index (Phi) is 6.57. The highest BCUT2D eigenvalue weighted by atomic mass is 79.9. The molecule has 160 valence electrons. The number of halogens is 2. The van der Waals surface area contributed by atoms with Crippen molar-refractivity contribution in [1.29, 1.82) is 0 Å². The van der Waals surface area contributed by atoms with E-state index in [-0.39, 0.29) is 36.7 Å². The molecule has 0 saturated heterocycles. The summed E-state index contributed by atoms with van der Waals surface area (Å²) in [6, 6.07) is 16.8. The predicted octanol–water partition coefficient (Wildman–Crippen LogP) is 5.20. The molecule has 3 aromatic rings. The molecular formula is C23H20Br2N2O4. The number of hydrogen-bond acceptors (Lipinski definition) is 5. The SMILES string of the molecule is O=C(Cc1ccc(Br)cc1)Nc1cc(C2(COC(=O)Cc3ccc(Br)cc3)CC2)on1. The van der Waals surface area contributed by atoms with Crippen LogP contribution in [0.1, 0.15) is 29.7 Å². The molecule has 0 atom stereocenters. The van der Waals surface area contributed by atoms with E-state index in [9.17, 15) is 9.59 Å². The Morgan fingerprint density at radius 1 is 0.968 bits per heavy atom. The van der Waals surface area contributed by atoms with E-state index in [1.807, 2.05) is 48.5 Å². The standard InChI is InChI=1S/C23H20Br2N2O4/c24-17-5-1-15(2-6-17)11-21(28)26-20-13-19(31-27-20)23(9-10-23)14-30-22(29)12-16-3-7-18(25)8-4-16/h1-8,13H,9-12,14H2,(H,26,27,28). The Bertz CT molecular complexity index is 1070. The van der Waals surface area contributed by atoms with Crippen molar-refractivity contribution in [3.63, 3.8) is 0 Å². The van der Waals surface area contributed by atoms with Crippen molar-refractivity contribution in [1.82, 2.24) is 5.16 Å². The molecule has 31 heavy (non-hydrogen) atoms. The van der Waals surface area contributed by atoms with Gasteiger partial charge in [-0.25, -0.2) is 0 Å². The maximum absolute atomic E-state index is 12.3. The lowest BCUT2D eigenvalue weighted by Crippen LogP contribution is -2.19. The fraction of sp³-hybridized carbons (Fsp3) is 0.261. The summed E-state index contributed by atoms with van der Waals surface area (Å²) >= 11 is 6.76. The van der Waals surface area contributed by atoms with Gasteiger partial charge in [0.25, 0.3) is 0 Å². The fourth-order valence-electron chi connectivity index (χ4n) is 3.21. The monoisotopic (exact) mass is 546 g/mol. The van der Waals surface area contributed by atoms with Gasteiger partial charge in [-0.2, -0.15) is 0 Å². The summed E-state index contributed by atoms with van der Waals surface area (Å²) in [6.45, 7) is 0.240. The number of nitrogens with zero attached hydrogens (tertiary/aromatic N) is 1. The molecule has 6 nitrogen and oxygen atoms in total. The number of anilines is 1. The third-order valence-corrected chi connectivity index (χ3v) is 6.26. The Hall–Kier alpha value is -2.45. The molecule has 0 radical (unpaired) electrons. The molecule has 2 aromatic carbocycles. The minimum absolute atomic E-state index is 0.173. The van der Waals surface area contributed by atoms with Crippen LogP contribution in [0.15, 0.2) is 68.1 Å². The third-order valence-electron chi connectivity index (χ3n) is 5.20. The zero-order valence-electron chi connectivity index (χ0n) is 16.6. The molecule has 8 heteroatoms. The number of esters is 1. The van der Waals surface area contributed by atoms with Gasteiger partial charge in [0.2, 0.25) is 5.91 Å². The molecule has 1 heterocycles. The summed E-state index contributed by atoms with van der Waals surface area (Å²) in [6.07, 6.45) is 2.16. The van der Waals surface area contributed by atoms with Crippen LogP contribution in [0.3, 0.4) is 0 Å². The van der Waals surface area contributed by atoms with E-state index in [0.29, 0.717) is 11.6 Å². The second-order valence-electron chi connectivity index (χ2n) is 7.67. The average molecular weight is 548 g/mol. The number of aromatic nitrogens is 1. The maximum atomic E-state index is 12.3. The summed E-state index contributed by atoms with van der Waals surface area (Å²) in [5.41, 5.74) is 1.45. The molecular weight excluding hydrogens is 528 g/mol. The quantitative estimate of drug-likeness (QED) is 0.392. The minimum Gasteiger partial charge on any atom is -0.464 e. The van der Waals surface area contributed by atoms with Gasteiger partial charge in [-0.3, -0.25) is 9.59 Å². The lowest BCUT2D eigenvalue weighted by atomic mass is 10.1. The number of hydrogen-bond donors (Lipinski definition) is 1. The fourth-order valence-corrected chi connectivity index (χ4v) is 3.74. The highest BCUT2D eigenvalue weighted by Crippen LogP contribution is 2.49. The Morgan fingerprint density at radius 3 is 2.13 bits per heavy atom. The Labute approximate surface area is 196 Å². The summed E-state index contributed by atoms with van der Waals surface area (Å²) in [4.78, 5) is 24.5. The molecule has 0 spiro atoms. The van der Waals surface area contributed by atoms with E-state index in [2.05, 4.69) is 42.3 Å². The van der Waals surface area contributed by atoms with E-state index >= 15 is 0 Å². The molecule has 1 aliphatic rings. The summed E-state index contributed by atoms with van der Waals surface area (Å²) in [7, 11) is 0. The molecule has 1 aliphatic carbocycles. The largest absolute Gasteiger partial charge is 0.464 e. The van der Waals surface area contributed by atoms with Crippen molar-refractivity contribution in [2.75, 3.05) is 11.9 Å². The predicted molar refractivity (Wildman–Crippen MR) is 123 cm³/mol. The lowest BCUT2D eigenvalue weighted by molar-refractivity contribution is -0.143. The number of rotatable bonds is 8. The first-order chi connectivity index (χ1) is 14.9. The van der Waals surface area contributed by atoms with Gasteiger partial charge in [-0.1, -0.05) is 61.3 Å². The van der Waals surface area contributed by atoms with Crippen LogP contribution in [0, 0.1) is 0 Å². The molecule has 4 rings (SSSR count). The van der Waals surface area contributed by atoms with Crippen LogP contribution in [-0.4, -0.2) is 23.6 Å². The van der Waals surface area contributed by atoms with Gasteiger partial charge in [-0.15, -0.1) is 0 Å². The van der Waals surface area contributed by atoms with Crippen molar-refractivity contribution < 1.29 is 18.8 Å². The molecule has 0 aliphatic heterocycles. The summed E-state index contributed by atoms with van der Waals surface area (Å²) in [5, 5.41) is 6.72. The topological polar surface area (TPSA) is 81.4 Å². The number of carbonyl (C=O) groups excluding carboxylic acids is 2. The van der Waals surface area contributed by atoms with E-state index < -0.39 is 0 Å². The first-order valence-corrected chi connectivity index (χ1v) is 11.4. The van der Waals surface area contributed by atoms with Gasteiger partial charge in [0.1, 0.15) is 12.4 Å². The van der Waals surface area contributed by atoms with Crippen molar-refractivity contribution in [2.45, 2.75) is 31.1 Å². The van der Waals surface area contributed by atoms with Gasteiger partial charge >= 0.3 is 5.97 Å². The third kappa shape index (κ3) is 5.83. The van der Waals surface area contributed by atoms with Gasteiger partial charge in [-0.05, 0) is 48.2 Å². The number of nitrogens with one attached hydrogen (secondary N) is 1. The van der Waals surface area contributed by atoms with E-state index in [1.165, 1.54) is 0 Å². The lowest BCUT2D eigenvalue weighted by Gasteiger charge is -2.12. The molecule has 1 amide bonds. The van der Waals surface area contributed by atoms with Crippen LogP contribution < -0.4 is 5.32 Å². The Balaban J connectivity index is 1.29. The number of amides is 1. The van der Waals surface area contributed by atoms with E-state index in [4.69, 9.17) is 9.26 Å². The second kappa shape index (κ2) is 9.36. The number of carbonyl (C=O) groups is 2. The van der Waals surface area contributed by atoms with Crippen molar-refractivity contribution in [3.05, 3.63) is 80.4 Å². The molecule has 1 N–H and O–H groups in total. The zero-order valence-corrected chi connectivity index (χ0v) is 19.7. The first-order valence-electron chi connectivity index (χ1n) is 9.83. The Morgan fingerprint density at radius 2 is 1.55 bits per heavy atom. The van der Waals surface area contributed by atoms with Crippen LogP contribution in [0.4, 0.5) is 5.82 Å². The van der Waals surface area contributed by atoms with E-state index in [1.54, 1.807) is 6.07 Å². The second-order valence-corrected chi connectivity index (χ2v) is 9.50. The molecule has 0 bridgehead atoms. The maximum Gasteiger partial charge on any atom is 0.310 e. The van der Waals surface area contributed by atoms with Crippen molar-refractivity contribution >= 4 is 49.6 Å². The van der Waals surface area contributed by atoms with Gasteiger partial charge in [0.15, 0.2) is 5.82 Å².